The Hall–Kier alpha value is -3.10. The molecule has 2 N–H and O–H groups in total. The van der Waals surface area contributed by atoms with E-state index in [0.717, 1.165) is 25.2 Å². The van der Waals surface area contributed by atoms with Gasteiger partial charge in [0.1, 0.15) is 22.8 Å². The van der Waals surface area contributed by atoms with Crippen molar-refractivity contribution >= 4 is 16.6 Å². The van der Waals surface area contributed by atoms with E-state index in [1.165, 1.54) is 17.7 Å². The minimum Gasteiger partial charge on any atom is -0.489 e. The molecule has 0 amide bonds. The summed E-state index contributed by atoms with van der Waals surface area (Å²) < 4.78 is 21.8. The zero-order valence-electron chi connectivity index (χ0n) is 18.5. The summed E-state index contributed by atoms with van der Waals surface area (Å²) in [7, 11) is 0. The van der Waals surface area contributed by atoms with Crippen LogP contribution in [0.25, 0.3) is 28.1 Å². The molecule has 1 aliphatic heterocycles. The maximum Gasteiger partial charge on any atom is 0.187 e. The van der Waals surface area contributed by atoms with Gasteiger partial charge in [0, 0.05) is 42.8 Å². The van der Waals surface area contributed by atoms with Crippen molar-refractivity contribution < 1.29 is 9.13 Å². The lowest BCUT2D eigenvalue weighted by Crippen LogP contribution is -2.28. The first-order chi connectivity index (χ1) is 15.4. The van der Waals surface area contributed by atoms with Gasteiger partial charge in [-0.05, 0) is 51.0 Å². The van der Waals surface area contributed by atoms with Crippen LogP contribution in [0.1, 0.15) is 38.8 Å². The van der Waals surface area contributed by atoms with Crippen LogP contribution in [0.15, 0.2) is 42.6 Å². The van der Waals surface area contributed by atoms with Crippen LogP contribution in [0.5, 0.6) is 5.75 Å². The van der Waals surface area contributed by atoms with Crippen LogP contribution in [-0.2, 0) is 0 Å². The minimum absolute atomic E-state index is 0.0953. The number of aromatic nitrogens is 4. The van der Waals surface area contributed by atoms with Gasteiger partial charge < -0.3 is 10.5 Å². The lowest BCUT2D eigenvalue weighted by molar-refractivity contribution is 0.244. The van der Waals surface area contributed by atoms with E-state index in [9.17, 15) is 4.39 Å². The molecule has 2 atom stereocenters. The summed E-state index contributed by atoms with van der Waals surface area (Å²) in [5, 5.41) is 9.39. The highest BCUT2D eigenvalue weighted by Gasteiger charge is 2.25. The highest BCUT2D eigenvalue weighted by Crippen LogP contribution is 2.30. The maximum atomic E-state index is 14.1. The number of ether oxygens (including phenoxy) is 1. The summed E-state index contributed by atoms with van der Waals surface area (Å²) in [4.78, 5) is 7.18. The molecule has 0 spiro atoms. The molecule has 0 unspecified atom stereocenters. The molecule has 1 fully saturated rings. The number of fused-ring (bicyclic) bond motifs is 2. The van der Waals surface area contributed by atoms with Crippen LogP contribution in [0, 0.1) is 5.82 Å². The number of rotatable bonds is 5. The van der Waals surface area contributed by atoms with Crippen molar-refractivity contribution in [3.63, 3.8) is 0 Å². The van der Waals surface area contributed by atoms with Gasteiger partial charge in [-0.1, -0.05) is 12.1 Å². The van der Waals surface area contributed by atoms with Gasteiger partial charge in [0.25, 0.3) is 0 Å². The third-order valence-electron chi connectivity index (χ3n) is 6.03. The van der Waals surface area contributed by atoms with Crippen molar-refractivity contribution in [2.45, 2.75) is 45.4 Å². The lowest BCUT2D eigenvalue weighted by atomic mass is 10.1. The van der Waals surface area contributed by atoms with E-state index in [1.807, 2.05) is 36.4 Å². The SMILES string of the molecule is CC(C)Oc1cc(F)cc2ccc(-c3nnc4ccc([C@@H](C)N5CC[C@H](N)C5)cn34)nc12. The minimum atomic E-state index is -0.351. The van der Waals surface area contributed by atoms with Crippen LogP contribution in [0.2, 0.25) is 0 Å². The molecule has 4 heterocycles. The van der Waals surface area contributed by atoms with Gasteiger partial charge in [-0.2, -0.15) is 0 Å². The van der Waals surface area contributed by atoms with Gasteiger partial charge in [-0.25, -0.2) is 9.37 Å². The van der Waals surface area contributed by atoms with E-state index in [1.54, 1.807) is 0 Å². The molecule has 0 radical (unpaired) electrons. The summed E-state index contributed by atoms with van der Waals surface area (Å²) in [6.45, 7) is 7.90. The predicted molar refractivity (Wildman–Crippen MR) is 122 cm³/mol. The molecule has 1 aliphatic rings. The van der Waals surface area contributed by atoms with Crippen molar-refractivity contribution in [2.75, 3.05) is 13.1 Å². The Balaban J connectivity index is 1.57. The quantitative estimate of drug-likeness (QED) is 0.512. The summed E-state index contributed by atoms with van der Waals surface area (Å²) in [6, 6.07) is 11.1. The average molecular weight is 435 g/mol. The van der Waals surface area contributed by atoms with Gasteiger partial charge >= 0.3 is 0 Å². The smallest absolute Gasteiger partial charge is 0.187 e. The van der Waals surface area contributed by atoms with Crippen molar-refractivity contribution in [1.82, 2.24) is 24.5 Å². The zero-order valence-corrected chi connectivity index (χ0v) is 18.5. The van der Waals surface area contributed by atoms with Crippen molar-refractivity contribution in [3.05, 3.63) is 54.0 Å². The Morgan fingerprint density at radius 2 is 1.97 bits per heavy atom. The van der Waals surface area contributed by atoms with Crippen LogP contribution in [-0.4, -0.2) is 49.7 Å². The third kappa shape index (κ3) is 3.80. The number of likely N-dealkylation sites (tertiary alicyclic amines) is 1. The number of hydrogen-bond donors (Lipinski definition) is 1. The van der Waals surface area contributed by atoms with E-state index in [4.69, 9.17) is 15.5 Å². The number of halogens is 1. The molecule has 1 saturated heterocycles. The molecule has 0 saturated carbocycles. The molecule has 7 nitrogen and oxygen atoms in total. The second-order valence-electron chi connectivity index (χ2n) is 8.77. The molecule has 0 bridgehead atoms. The first kappa shape index (κ1) is 20.8. The molecule has 0 aliphatic carbocycles. The van der Waals surface area contributed by atoms with Crippen LogP contribution >= 0.6 is 0 Å². The van der Waals surface area contributed by atoms with E-state index in [-0.39, 0.29) is 24.0 Å². The average Bonchev–Trinajstić information content (AvgIpc) is 3.38. The molecule has 1 aromatic carbocycles. The fraction of sp³-hybridized carbons (Fsp3) is 0.375. The second-order valence-corrected chi connectivity index (χ2v) is 8.77. The molecular formula is C24H27FN6O. The largest absolute Gasteiger partial charge is 0.489 e. The summed E-state index contributed by atoms with van der Waals surface area (Å²) in [5.74, 6) is 0.704. The molecule has 32 heavy (non-hydrogen) atoms. The van der Waals surface area contributed by atoms with E-state index in [2.05, 4.69) is 34.3 Å². The van der Waals surface area contributed by atoms with Gasteiger partial charge in [0.2, 0.25) is 0 Å². The Morgan fingerprint density at radius 3 is 2.72 bits per heavy atom. The molecule has 166 valence electrons. The van der Waals surface area contributed by atoms with Crippen LogP contribution < -0.4 is 10.5 Å². The molecule has 3 aromatic heterocycles. The predicted octanol–water partition coefficient (Wildman–Crippen LogP) is 3.96. The van der Waals surface area contributed by atoms with Gasteiger partial charge in [0.05, 0.1) is 6.10 Å². The zero-order chi connectivity index (χ0) is 22.4. The van der Waals surface area contributed by atoms with Crippen LogP contribution in [0.4, 0.5) is 4.39 Å². The Labute approximate surface area is 186 Å². The Kier molecular flexibility index (Phi) is 5.27. The van der Waals surface area contributed by atoms with E-state index >= 15 is 0 Å². The monoisotopic (exact) mass is 434 g/mol. The number of nitrogens with zero attached hydrogens (tertiary/aromatic N) is 5. The fourth-order valence-electron chi connectivity index (χ4n) is 4.34. The number of nitrogens with two attached hydrogens (primary N) is 1. The third-order valence-corrected chi connectivity index (χ3v) is 6.03. The van der Waals surface area contributed by atoms with Crippen LogP contribution in [0.3, 0.4) is 0 Å². The number of hydrogen-bond acceptors (Lipinski definition) is 6. The normalized spacial score (nSPS) is 18.1. The highest BCUT2D eigenvalue weighted by atomic mass is 19.1. The first-order valence-electron chi connectivity index (χ1n) is 11.0. The molecular weight excluding hydrogens is 407 g/mol. The Morgan fingerprint density at radius 1 is 1.12 bits per heavy atom. The number of pyridine rings is 2. The first-order valence-corrected chi connectivity index (χ1v) is 11.0. The summed E-state index contributed by atoms with van der Waals surface area (Å²) in [6.07, 6.45) is 3.00. The molecule has 5 rings (SSSR count). The fourth-order valence-corrected chi connectivity index (χ4v) is 4.34. The van der Waals surface area contributed by atoms with Crippen molar-refractivity contribution in [1.29, 1.82) is 0 Å². The van der Waals surface area contributed by atoms with Crippen molar-refractivity contribution in [2.24, 2.45) is 5.73 Å². The maximum absolute atomic E-state index is 14.1. The van der Waals surface area contributed by atoms with Gasteiger partial charge in [0.15, 0.2) is 11.5 Å². The Bertz CT molecular complexity index is 1290. The van der Waals surface area contributed by atoms with Gasteiger partial charge in [-0.15, -0.1) is 10.2 Å². The standard InChI is InChI=1S/C24H27FN6O/c1-14(2)32-21-11-18(25)10-16-4-6-20(27-23(16)21)24-29-28-22-7-5-17(12-31(22)24)15(3)30-9-8-19(26)13-30/h4-7,10-12,14-15,19H,8-9,13,26H2,1-3H3/t15-,19+/m1/s1. The highest BCUT2D eigenvalue weighted by molar-refractivity contribution is 5.86. The lowest BCUT2D eigenvalue weighted by Gasteiger charge is -2.24. The van der Waals surface area contributed by atoms with Crippen molar-refractivity contribution in [3.8, 4) is 17.3 Å². The molecule has 8 heteroatoms. The summed E-state index contributed by atoms with van der Waals surface area (Å²) in [5.41, 5.74) is 9.27. The topological polar surface area (TPSA) is 81.6 Å². The van der Waals surface area contributed by atoms with E-state index in [0.29, 0.717) is 28.2 Å². The second kappa shape index (κ2) is 8.11. The molecule has 4 aromatic rings. The van der Waals surface area contributed by atoms with Gasteiger partial charge in [-0.3, -0.25) is 9.30 Å². The van der Waals surface area contributed by atoms with E-state index < -0.39 is 0 Å². The number of benzene rings is 1. The summed E-state index contributed by atoms with van der Waals surface area (Å²) >= 11 is 0.